The first-order valence-electron chi connectivity index (χ1n) is 14.8. The Balaban J connectivity index is 1.61. The second-order valence-electron chi connectivity index (χ2n) is 9.98. The molecule has 0 fully saturated rings. The molecule has 0 spiro atoms. The highest BCUT2D eigenvalue weighted by molar-refractivity contribution is 7.88. The van der Waals surface area contributed by atoms with Crippen molar-refractivity contribution in [3.05, 3.63) is 101 Å². The summed E-state index contributed by atoms with van der Waals surface area (Å²) in [6, 6.07) is 21.9. The maximum atomic E-state index is 13.1. The Morgan fingerprint density at radius 2 is 1.37 bits per heavy atom. The van der Waals surface area contributed by atoms with Crippen molar-refractivity contribution in [1.82, 2.24) is 0 Å². The van der Waals surface area contributed by atoms with Crippen LogP contribution in [0.25, 0.3) is 33.0 Å². The summed E-state index contributed by atoms with van der Waals surface area (Å²) in [5.41, 5.74) is -6.41. The standard InChI is InChI=1S/C31H25F3O3S/c1-29(2)25-16-19(22-11-7-9-18-8-5-6-10-21(18)22)12-14-23(25)27-28(29)24-15-13-20(17-26(24)30(27,3)4)37-38(35,36)31(32,33)34/h5-17H,1-4H3/i1D3,3D3. The van der Waals surface area contributed by atoms with Crippen LogP contribution < -0.4 is 4.18 Å². The van der Waals surface area contributed by atoms with E-state index in [0.29, 0.717) is 11.1 Å². The summed E-state index contributed by atoms with van der Waals surface area (Å²) >= 11 is 0. The molecular weight excluding hydrogens is 509 g/mol. The van der Waals surface area contributed by atoms with Gasteiger partial charge < -0.3 is 4.18 Å². The monoisotopic (exact) mass is 540 g/mol. The molecule has 0 amide bonds. The van der Waals surface area contributed by atoms with Crippen LogP contribution in [0, 0.1) is 0 Å². The number of fused-ring (bicyclic) bond motifs is 5. The molecule has 38 heavy (non-hydrogen) atoms. The molecule has 0 radical (unpaired) electrons. The molecule has 7 heteroatoms. The van der Waals surface area contributed by atoms with Gasteiger partial charge in [0.2, 0.25) is 0 Å². The normalized spacial score (nSPS) is 25.4. The fourth-order valence-corrected chi connectivity index (χ4v) is 6.23. The minimum Gasteiger partial charge on any atom is -0.376 e. The Labute approximate surface area is 228 Å². The number of hydrogen-bond acceptors (Lipinski definition) is 3. The van der Waals surface area contributed by atoms with E-state index in [0.717, 1.165) is 34.0 Å². The number of allylic oxidation sites excluding steroid dienone is 2. The number of halogens is 3. The van der Waals surface area contributed by atoms with Crippen molar-refractivity contribution < 1.29 is 34.0 Å². The number of hydrogen-bond donors (Lipinski definition) is 0. The zero-order chi connectivity index (χ0) is 32.3. The van der Waals surface area contributed by atoms with Gasteiger partial charge in [0, 0.05) is 19.1 Å². The zero-order valence-electron chi connectivity index (χ0n) is 26.3. The first kappa shape index (κ1) is 18.6. The molecule has 2 unspecified atom stereocenters. The lowest BCUT2D eigenvalue weighted by molar-refractivity contribution is -0.0500. The summed E-state index contributed by atoms with van der Waals surface area (Å²) < 4.78 is 119. The van der Waals surface area contributed by atoms with Crippen molar-refractivity contribution in [2.75, 3.05) is 0 Å². The summed E-state index contributed by atoms with van der Waals surface area (Å²) in [7, 11) is -6.05. The van der Waals surface area contributed by atoms with Gasteiger partial charge in [-0.2, -0.15) is 21.6 Å². The third-order valence-electron chi connectivity index (χ3n) is 7.47. The quantitative estimate of drug-likeness (QED) is 0.194. The van der Waals surface area contributed by atoms with Crippen molar-refractivity contribution in [2.45, 2.75) is 43.9 Å². The van der Waals surface area contributed by atoms with E-state index in [4.69, 9.17) is 8.22 Å². The lowest BCUT2D eigenvalue weighted by Gasteiger charge is -2.28. The van der Waals surface area contributed by atoms with Crippen LogP contribution in [0.5, 0.6) is 5.75 Å². The first-order chi connectivity index (χ1) is 20.2. The zero-order valence-corrected chi connectivity index (χ0v) is 21.1. The van der Waals surface area contributed by atoms with Gasteiger partial charge in [0.25, 0.3) is 0 Å². The van der Waals surface area contributed by atoms with E-state index in [1.165, 1.54) is 19.9 Å². The van der Waals surface area contributed by atoms with E-state index in [9.17, 15) is 21.6 Å². The van der Waals surface area contributed by atoms with E-state index in [1.807, 2.05) is 42.5 Å². The molecule has 0 saturated carbocycles. The van der Waals surface area contributed by atoms with Crippen LogP contribution in [0.3, 0.4) is 0 Å². The van der Waals surface area contributed by atoms with Gasteiger partial charge in [0.05, 0.1) is 0 Å². The van der Waals surface area contributed by atoms with Crippen LogP contribution in [0.1, 0.15) is 58.0 Å². The van der Waals surface area contributed by atoms with Crippen molar-refractivity contribution in [2.24, 2.45) is 0 Å². The maximum Gasteiger partial charge on any atom is 0.534 e. The molecule has 6 rings (SSSR count). The van der Waals surface area contributed by atoms with Gasteiger partial charge in [-0.15, -0.1) is 0 Å². The molecule has 0 aromatic heterocycles. The summed E-state index contributed by atoms with van der Waals surface area (Å²) in [6.07, 6.45) is 0. The second kappa shape index (κ2) is 7.73. The van der Waals surface area contributed by atoms with Crippen LogP contribution in [0.4, 0.5) is 13.2 Å². The highest BCUT2D eigenvalue weighted by Gasteiger charge is 2.51. The van der Waals surface area contributed by atoms with Crippen LogP contribution in [0.15, 0.2) is 78.9 Å². The van der Waals surface area contributed by atoms with Crippen LogP contribution in [-0.2, 0) is 20.9 Å². The summed E-state index contributed by atoms with van der Waals surface area (Å²) in [5.74, 6) is -0.736. The Kier molecular flexibility index (Phi) is 3.79. The average molecular weight is 541 g/mol. The summed E-state index contributed by atoms with van der Waals surface area (Å²) in [5, 5.41) is 1.93. The van der Waals surface area contributed by atoms with Gasteiger partial charge in [0.1, 0.15) is 5.75 Å². The van der Waals surface area contributed by atoms with Gasteiger partial charge in [-0.1, -0.05) is 88.2 Å². The molecule has 4 aromatic carbocycles. The van der Waals surface area contributed by atoms with E-state index in [1.54, 1.807) is 18.2 Å². The van der Waals surface area contributed by atoms with Gasteiger partial charge in [-0.25, -0.2) is 0 Å². The van der Waals surface area contributed by atoms with E-state index >= 15 is 0 Å². The third kappa shape index (κ3) is 3.37. The van der Waals surface area contributed by atoms with Crippen molar-refractivity contribution in [3.63, 3.8) is 0 Å². The van der Waals surface area contributed by atoms with Gasteiger partial charge in [0.15, 0.2) is 0 Å². The Morgan fingerprint density at radius 1 is 0.763 bits per heavy atom. The Morgan fingerprint density at radius 3 is 2.03 bits per heavy atom. The molecule has 194 valence electrons. The predicted octanol–water partition coefficient (Wildman–Crippen LogP) is 8.23. The maximum absolute atomic E-state index is 13.1. The van der Waals surface area contributed by atoms with Crippen molar-refractivity contribution >= 4 is 32.0 Å². The minimum absolute atomic E-state index is 0.0448. The Bertz CT molecular complexity index is 2010. The fourth-order valence-electron chi connectivity index (χ4n) is 5.78. The van der Waals surface area contributed by atoms with Gasteiger partial charge in [-0.3, -0.25) is 0 Å². The van der Waals surface area contributed by atoms with E-state index in [2.05, 4.69) is 4.18 Å². The van der Waals surface area contributed by atoms with Crippen LogP contribution >= 0.6 is 0 Å². The fraction of sp³-hybridized carbons (Fsp3) is 0.226. The third-order valence-corrected chi connectivity index (χ3v) is 8.45. The van der Waals surface area contributed by atoms with Crippen LogP contribution in [0.2, 0.25) is 0 Å². The molecule has 3 nitrogen and oxygen atoms in total. The predicted molar refractivity (Wildman–Crippen MR) is 144 cm³/mol. The topological polar surface area (TPSA) is 43.4 Å². The molecule has 2 aliphatic rings. The van der Waals surface area contributed by atoms with Crippen LogP contribution in [-0.4, -0.2) is 13.9 Å². The smallest absolute Gasteiger partial charge is 0.376 e. The first-order valence-corrected chi connectivity index (χ1v) is 13.2. The highest BCUT2D eigenvalue weighted by Crippen LogP contribution is 2.63. The molecule has 2 aliphatic carbocycles. The highest BCUT2D eigenvalue weighted by atomic mass is 32.2. The molecule has 4 aromatic rings. The number of benzene rings is 4. The molecule has 0 aliphatic heterocycles. The van der Waals surface area contributed by atoms with Gasteiger partial charge in [-0.05, 0) is 73.5 Å². The lowest BCUT2D eigenvalue weighted by atomic mass is 9.75. The molecule has 0 heterocycles. The van der Waals surface area contributed by atoms with Crippen molar-refractivity contribution in [3.8, 4) is 16.9 Å². The summed E-state index contributed by atoms with van der Waals surface area (Å²) in [4.78, 5) is 0. The molecule has 0 N–H and O–H groups in total. The largest absolute Gasteiger partial charge is 0.534 e. The number of alkyl halides is 3. The summed E-state index contributed by atoms with van der Waals surface area (Å²) in [6.45, 7) is -2.63. The Hall–Kier alpha value is -3.58. The minimum atomic E-state index is -6.05. The molecule has 0 saturated heterocycles. The van der Waals surface area contributed by atoms with E-state index in [-0.39, 0.29) is 22.3 Å². The molecule has 0 bridgehead atoms. The average Bonchev–Trinajstić information content (AvgIpc) is 3.35. The molecular formula is C31H25F3O3S. The van der Waals surface area contributed by atoms with E-state index < -0.39 is 45.9 Å². The lowest BCUT2D eigenvalue weighted by Crippen LogP contribution is -2.28. The molecule has 2 atom stereocenters. The second-order valence-corrected chi connectivity index (χ2v) is 11.5. The SMILES string of the molecule is [2H]C([2H])([2H])C1(C)C2=C(c3ccc(OS(=O)(=O)C(F)(F)F)cc31)C(C)(C([2H])([2H])[2H])c1cc(-c3cccc4ccccc34)ccc12. The van der Waals surface area contributed by atoms with Crippen molar-refractivity contribution in [1.29, 1.82) is 0 Å². The van der Waals surface area contributed by atoms with Gasteiger partial charge >= 0.3 is 15.6 Å². The number of rotatable bonds is 3.